The number of rotatable bonds is 4. The number of anilines is 3. The van der Waals surface area contributed by atoms with Crippen LogP contribution in [0, 0.1) is 0 Å². The van der Waals surface area contributed by atoms with Gasteiger partial charge < -0.3 is 15.0 Å². The van der Waals surface area contributed by atoms with Crippen molar-refractivity contribution >= 4 is 23.7 Å². The molecule has 6 heteroatoms. The Morgan fingerprint density at radius 3 is 2.89 bits per heavy atom. The molecule has 2 aromatic carbocycles. The molecule has 0 radical (unpaired) electrons. The third kappa shape index (κ3) is 3.17. The fourth-order valence-corrected chi connectivity index (χ4v) is 3.72. The molecule has 2 aliphatic rings. The van der Waals surface area contributed by atoms with Gasteiger partial charge in [-0.05, 0) is 59.0 Å². The number of aromatic nitrogens is 2. The van der Waals surface area contributed by atoms with Gasteiger partial charge in [0.2, 0.25) is 5.95 Å². The number of benzene rings is 2. The number of nitrogens with one attached hydrogen (secondary N) is 1. The second kappa shape index (κ2) is 6.96. The fraction of sp³-hybridized carbons (Fsp3) is 0.227. The quantitative estimate of drug-likeness (QED) is 0.757. The number of ether oxygens (including phenoxy) is 1. The van der Waals surface area contributed by atoms with Gasteiger partial charge in [0.15, 0.2) is 0 Å². The first-order valence-corrected chi connectivity index (χ1v) is 9.42. The molecule has 0 spiro atoms. The van der Waals surface area contributed by atoms with Crippen molar-refractivity contribution in [2.24, 2.45) is 4.99 Å². The molecule has 3 heterocycles. The van der Waals surface area contributed by atoms with Crippen molar-refractivity contribution in [1.82, 2.24) is 9.97 Å². The monoisotopic (exact) mass is 371 g/mol. The van der Waals surface area contributed by atoms with Crippen LogP contribution in [-0.2, 0) is 19.5 Å². The number of hydrogen-bond donors (Lipinski definition) is 1. The first kappa shape index (κ1) is 16.7. The van der Waals surface area contributed by atoms with Gasteiger partial charge in [-0.1, -0.05) is 12.1 Å². The summed E-state index contributed by atoms with van der Waals surface area (Å²) in [5.74, 6) is 2.45. The minimum atomic E-state index is 0.745. The van der Waals surface area contributed by atoms with E-state index in [1.165, 1.54) is 22.3 Å². The summed E-state index contributed by atoms with van der Waals surface area (Å²) in [4.78, 5) is 15.8. The summed E-state index contributed by atoms with van der Waals surface area (Å²) in [5, 5.41) is 3.39. The van der Waals surface area contributed by atoms with Gasteiger partial charge in [0, 0.05) is 31.2 Å². The van der Waals surface area contributed by atoms with Crippen LogP contribution in [0.25, 0.3) is 0 Å². The van der Waals surface area contributed by atoms with E-state index in [4.69, 9.17) is 9.72 Å². The van der Waals surface area contributed by atoms with E-state index in [1.54, 1.807) is 7.11 Å². The summed E-state index contributed by atoms with van der Waals surface area (Å²) in [7, 11) is 1.71. The molecule has 0 bridgehead atoms. The highest BCUT2D eigenvalue weighted by atomic mass is 16.5. The normalized spacial score (nSPS) is 14.5. The van der Waals surface area contributed by atoms with E-state index in [0.717, 1.165) is 49.3 Å². The van der Waals surface area contributed by atoms with Gasteiger partial charge >= 0.3 is 0 Å². The van der Waals surface area contributed by atoms with Gasteiger partial charge in [-0.25, -0.2) is 4.98 Å². The predicted molar refractivity (Wildman–Crippen MR) is 111 cm³/mol. The molecule has 0 saturated heterocycles. The Labute approximate surface area is 163 Å². The minimum absolute atomic E-state index is 0.745. The molecule has 6 nitrogen and oxygen atoms in total. The van der Waals surface area contributed by atoms with Gasteiger partial charge in [-0.2, -0.15) is 4.98 Å². The molecule has 5 rings (SSSR count). The van der Waals surface area contributed by atoms with E-state index in [-0.39, 0.29) is 0 Å². The van der Waals surface area contributed by atoms with Crippen molar-refractivity contribution in [3.05, 3.63) is 70.9 Å². The van der Waals surface area contributed by atoms with Crippen LogP contribution >= 0.6 is 0 Å². The maximum absolute atomic E-state index is 5.34. The third-order valence-corrected chi connectivity index (χ3v) is 5.26. The summed E-state index contributed by atoms with van der Waals surface area (Å²) < 4.78 is 5.34. The Kier molecular flexibility index (Phi) is 4.16. The summed E-state index contributed by atoms with van der Waals surface area (Å²) in [5.41, 5.74) is 6.07. The van der Waals surface area contributed by atoms with Gasteiger partial charge in [0.1, 0.15) is 11.6 Å². The van der Waals surface area contributed by atoms with Gasteiger partial charge in [0.25, 0.3) is 0 Å². The van der Waals surface area contributed by atoms with E-state index in [2.05, 4.69) is 50.5 Å². The van der Waals surface area contributed by atoms with E-state index in [0.29, 0.717) is 0 Å². The average molecular weight is 371 g/mol. The Bertz CT molecular complexity index is 1060. The van der Waals surface area contributed by atoms with Crippen molar-refractivity contribution < 1.29 is 4.74 Å². The van der Waals surface area contributed by atoms with E-state index in [1.807, 2.05) is 24.5 Å². The van der Waals surface area contributed by atoms with Gasteiger partial charge in [-0.3, -0.25) is 4.99 Å². The van der Waals surface area contributed by atoms with Crippen molar-refractivity contribution in [2.75, 3.05) is 23.9 Å². The Morgan fingerprint density at radius 2 is 1.96 bits per heavy atom. The topological polar surface area (TPSA) is 62.6 Å². The molecule has 2 aliphatic heterocycles. The van der Waals surface area contributed by atoms with Crippen molar-refractivity contribution in [1.29, 1.82) is 0 Å². The Morgan fingerprint density at radius 1 is 1.04 bits per heavy atom. The molecule has 0 atom stereocenters. The van der Waals surface area contributed by atoms with Gasteiger partial charge in [0.05, 0.1) is 13.7 Å². The maximum atomic E-state index is 5.34. The molecule has 3 aromatic rings. The first-order valence-electron chi connectivity index (χ1n) is 9.42. The fourth-order valence-electron chi connectivity index (χ4n) is 3.72. The van der Waals surface area contributed by atoms with Crippen LogP contribution in [0.2, 0.25) is 0 Å². The molecule has 0 amide bonds. The lowest BCUT2D eigenvalue weighted by molar-refractivity contribution is 0.413. The van der Waals surface area contributed by atoms with Crippen molar-refractivity contribution in [3.8, 4) is 5.75 Å². The second-order valence-corrected chi connectivity index (χ2v) is 7.06. The zero-order chi connectivity index (χ0) is 18.9. The molecule has 1 aromatic heterocycles. The van der Waals surface area contributed by atoms with Crippen LogP contribution in [0.3, 0.4) is 0 Å². The molecule has 0 unspecified atom stereocenters. The molecule has 1 N–H and O–H groups in total. The number of fused-ring (bicyclic) bond motifs is 2. The number of nitrogens with zero attached hydrogens (tertiary/aromatic N) is 4. The highest BCUT2D eigenvalue weighted by Crippen LogP contribution is 2.27. The first-order chi connectivity index (χ1) is 13.8. The minimum Gasteiger partial charge on any atom is -0.497 e. The average Bonchev–Trinajstić information content (AvgIpc) is 3.21. The number of hydrogen-bond acceptors (Lipinski definition) is 6. The highest BCUT2D eigenvalue weighted by Gasteiger charge is 2.19. The lowest BCUT2D eigenvalue weighted by Gasteiger charge is -2.29. The zero-order valence-corrected chi connectivity index (χ0v) is 15.7. The molecule has 0 fully saturated rings. The lowest BCUT2D eigenvalue weighted by atomic mass is 10.00. The molecule has 0 aliphatic carbocycles. The Balaban J connectivity index is 1.35. The third-order valence-electron chi connectivity index (χ3n) is 5.26. The van der Waals surface area contributed by atoms with E-state index >= 15 is 0 Å². The summed E-state index contributed by atoms with van der Waals surface area (Å²) in [6, 6.07) is 14.5. The van der Waals surface area contributed by atoms with E-state index < -0.39 is 0 Å². The van der Waals surface area contributed by atoms with Crippen LogP contribution in [0.4, 0.5) is 17.5 Å². The van der Waals surface area contributed by atoms with Crippen LogP contribution in [0.15, 0.2) is 53.7 Å². The molecular weight excluding hydrogens is 350 g/mol. The van der Waals surface area contributed by atoms with Crippen LogP contribution < -0.4 is 15.0 Å². The zero-order valence-electron chi connectivity index (χ0n) is 15.7. The predicted octanol–water partition coefficient (Wildman–Crippen LogP) is 3.72. The van der Waals surface area contributed by atoms with Gasteiger partial charge in [-0.15, -0.1) is 0 Å². The van der Waals surface area contributed by atoms with Crippen molar-refractivity contribution in [3.63, 3.8) is 0 Å². The molecular formula is C22H21N5O. The van der Waals surface area contributed by atoms with Crippen molar-refractivity contribution in [2.45, 2.75) is 19.5 Å². The molecule has 28 heavy (non-hydrogen) atoms. The summed E-state index contributed by atoms with van der Waals surface area (Å²) >= 11 is 0. The summed E-state index contributed by atoms with van der Waals surface area (Å²) in [6.07, 6.45) is 4.69. The Hall–Kier alpha value is -3.41. The van der Waals surface area contributed by atoms with Crippen LogP contribution in [-0.4, -0.2) is 29.8 Å². The number of aliphatic imine (C=N–C) groups is 1. The molecule has 140 valence electrons. The number of methoxy groups -OCH3 is 1. The lowest BCUT2D eigenvalue weighted by Crippen LogP contribution is -2.31. The molecule has 0 saturated carbocycles. The van der Waals surface area contributed by atoms with Crippen LogP contribution in [0.5, 0.6) is 5.75 Å². The van der Waals surface area contributed by atoms with E-state index in [9.17, 15) is 0 Å². The SMILES string of the molecule is COc1ccc2c(c1)CCN(c1nccc(Nc3ccc4c(c3)C=NC4)n1)C2. The largest absolute Gasteiger partial charge is 0.497 e. The smallest absolute Gasteiger partial charge is 0.227 e. The standard InChI is InChI=1S/C22H21N5O/c1-28-20-5-3-17-14-27(9-7-15(17)11-20)22-24-8-6-21(26-22)25-19-4-2-16-12-23-13-18(16)10-19/h2-6,8,10-11,13H,7,9,12,14H2,1H3,(H,24,25,26). The maximum Gasteiger partial charge on any atom is 0.227 e. The highest BCUT2D eigenvalue weighted by molar-refractivity contribution is 5.86. The van der Waals surface area contributed by atoms with Crippen LogP contribution in [0.1, 0.15) is 22.3 Å². The summed E-state index contributed by atoms with van der Waals surface area (Å²) in [6.45, 7) is 2.46. The second-order valence-electron chi connectivity index (χ2n) is 7.06.